The van der Waals surface area contributed by atoms with Crippen LogP contribution in [0.1, 0.15) is 75.4 Å². The molecule has 0 bridgehead atoms. The molecule has 0 aromatic carbocycles. The molecule has 2 aliphatic heterocycles. The second-order valence-corrected chi connectivity index (χ2v) is 11.7. The Bertz CT molecular complexity index is 1110. The molecule has 9 heteroatoms. The number of aromatic amines is 1. The van der Waals surface area contributed by atoms with Crippen molar-refractivity contribution in [3.05, 3.63) is 33.4 Å². The van der Waals surface area contributed by atoms with E-state index in [1.54, 1.807) is 18.2 Å². The topological polar surface area (TPSA) is 90.8 Å². The van der Waals surface area contributed by atoms with Crippen molar-refractivity contribution in [2.45, 2.75) is 82.7 Å². The molecule has 5 rings (SSSR count). The third kappa shape index (κ3) is 3.22. The quantitative estimate of drug-likeness (QED) is 0.798. The lowest BCUT2D eigenvalue weighted by Gasteiger charge is -2.32. The Morgan fingerprint density at radius 2 is 1.90 bits per heavy atom. The Hall–Kier alpha value is -1.71. The van der Waals surface area contributed by atoms with Gasteiger partial charge >= 0.3 is 0 Å². The first kappa shape index (κ1) is 20.2. The summed E-state index contributed by atoms with van der Waals surface area (Å²) < 4.78 is 28.7. The highest BCUT2D eigenvalue weighted by molar-refractivity contribution is 7.89. The van der Waals surface area contributed by atoms with Gasteiger partial charge in [-0.1, -0.05) is 12.8 Å². The van der Waals surface area contributed by atoms with Crippen LogP contribution < -0.4 is 5.56 Å². The first-order valence-electron chi connectivity index (χ1n) is 11.2. The van der Waals surface area contributed by atoms with E-state index < -0.39 is 15.3 Å². The van der Waals surface area contributed by atoms with E-state index in [9.17, 15) is 13.2 Å². The van der Waals surface area contributed by atoms with Crippen molar-refractivity contribution >= 4 is 15.7 Å². The van der Waals surface area contributed by atoms with Gasteiger partial charge in [0, 0.05) is 38.2 Å². The van der Waals surface area contributed by atoms with Crippen molar-refractivity contribution in [1.29, 1.82) is 0 Å². The predicted octanol–water partition coefficient (Wildman–Crippen LogP) is 2.20. The van der Waals surface area contributed by atoms with Crippen molar-refractivity contribution in [2.75, 3.05) is 13.1 Å². The van der Waals surface area contributed by atoms with Crippen molar-refractivity contribution in [2.24, 2.45) is 0 Å². The highest BCUT2D eigenvalue weighted by atomic mass is 32.2. The highest BCUT2D eigenvalue weighted by Crippen LogP contribution is 2.35. The van der Waals surface area contributed by atoms with Crippen LogP contribution in [0.25, 0.3) is 5.65 Å². The summed E-state index contributed by atoms with van der Waals surface area (Å²) in [7, 11) is -3.36. The van der Waals surface area contributed by atoms with E-state index in [-0.39, 0.29) is 11.6 Å². The normalized spacial score (nSPS) is 24.3. The maximum Gasteiger partial charge on any atom is 0.277 e. The lowest BCUT2D eigenvalue weighted by atomic mass is 10.0. The molecule has 0 unspecified atom stereocenters. The van der Waals surface area contributed by atoms with E-state index in [1.807, 2.05) is 6.07 Å². The van der Waals surface area contributed by atoms with E-state index in [2.05, 4.69) is 10.00 Å². The van der Waals surface area contributed by atoms with E-state index >= 15 is 0 Å². The Morgan fingerprint density at radius 1 is 1.13 bits per heavy atom. The average molecular weight is 434 g/mol. The summed E-state index contributed by atoms with van der Waals surface area (Å²) >= 11 is 0. The number of H-pyrrole nitrogens is 1. The number of hydrogen-bond acceptors (Lipinski definition) is 5. The van der Waals surface area contributed by atoms with Crippen LogP contribution in [0.15, 0.2) is 10.9 Å². The predicted molar refractivity (Wildman–Crippen MR) is 115 cm³/mol. The summed E-state index contributed by atoms with van der Waals surface area (Å²) in [5.74, 6) is 0. The molecule has 8 nitrogen and oxygen atoms in total. The molecule has 164 valence electrons. The zero-order valence-electron chi connectivity index (χ0n) is 17.8. The van der Waals surface area contributed by atoms with Crippen LogP contribution in [0.4, 0.5) is 0 Å². The number of nitrogens with one attached hydrogen (secondary N) is 1. The molecular weight excluding hydrogens is 402 g/mol. The maximum absolute atomic E-state index is 13.3. The van der Waals surface area contributed by atoms with Crippen LogP contribution in [0, 0.1) is 0 Å². The van der Waals surface area contributed by atoms with Crippen LogP contribution in [-0.4, -0.2) is 56.6 Å². The smallest absolute Gasteiger partial charge is 0.277 e. The van der Waals surface area contributed by atoms with Gasteiger partial charge in [0.05, 0.1) is 28.2 Å². The van der Waals surface area contributed by atoms with Crippen LogP contribution in [0.3, 0.4) is 0 Å². The molecule has 1 aliphatic carbocycles. The number of aromatic nitrogens is 3. The van der Waals surface area contributed by atoms with Gasteiger partial charge in [-0.15, -0.1) is 0 Å². The molecule has 0 radical (unpaired) electrons. The first-order chi connectivity index (χ1) is 14.4. The molecular formula is C21H31N5O3S. The van der Waals surface area contributed by atoms with Gasteiger partial charge in [0.1, 0.15) is 0 Å². The van der Waals surface area contributed by atoms with E-state index in [0.29, 0.717) is 24.8 Å². The van der Waals surface area contributed by atoms with Crippen LogP contribution in [-0.2, 0) is 23.0 Å². The Labute approximate surface area is 177 Å². The molecule has 1 N–H and O–H groups in total. The van der Waals surface area contributed by atoms with Crippen molar-refractivity contribution < 1.29 is 8.42 Å². The lowest BCUT2D eigenvalue weighted by Crippen LogP contribution is -2.41. The van der Waals surface area contributed by atoms with Crippen molar-refractivity contribution in [3.63, 3.8) is 0 Å². The van der Waals surface area contributed by atoms with E-state index in [1.165, 1.54) is 30.2 Å². The zero-order valence-corrected chi connectivity index (χ0v) is 18.6. The summed E-state index contributed by atoms with van der Waals surface area (Å²) in [6.07, 6.45) is 7.38. The molecule has 2 fully saturated rings. The monoisotopic (exact) mass is 433 g/mol. The summed E-state index contributed by atoms with van der Waals surface area (Å²) in [6.45, 7) is 5.58. The molecule has 1 saturated carbocycles. The van der Waals surface area contributed by atoms with Gasteiger partial charge in [0.25, 0.3) is 5.56 Å². The Morgan fingerprint density at radius 3 is 2.63 bits per heavy atom. The number of hydrogen-bond donors (Lipinski definition) is 1. The van der Waals surface area contributed by atoms with Gasteiger partial charge < -0.3 is 0 Å². The van der Waals surface area contributed by atoms with Crippen LogP contribution in [0.2, 0.25) is 0 Å². The minimum absolute atomic E-state index is 0.0415. The summed E-state index contributed by atoms with van der Waals surface area (Å²) in [6, 6.07) is 2.19. The minimum Gasteiger partial charge on any atom is -0.295 e. The average Bonchev–Trinajstić information content (AvgIpc) is 3.47. The molecule has 30 heavy (non-hydrogen) atoms. The molecule has 0 spiro atoms. The molecule has 4 heterocycles. The third-order valence-corrected chi connectivity index (χ3v) is 9.42. The van der Waals surface area contributed by atoms with Gasteiger partial charge in [0.15, 0.2) is 5.65 Å². The second kappa shape index (κ2) is 7.46. The van der Waals surface area contributed by atoms with Gasteiger partial charge in [0.2, 0.25) is 10.0 Å². The number of rotatable bonds is 4. The molecule has 1 saturated heterocycles. The van der Waals surface area contributed by atoms with Gasteiger partial charge in [-0.05, 0) is 39.5 Å². The molecule has 1 atom stereocenters. The summed E-state index contributed by atoms with van der Waals surface area (Å²) in [5, 5.41) is 2.74. The molecule has 2 aromatic rings. The standard InChI is InChI=1S/C21H31N5O3S/c1-14(2)30(28,29)25-10-5-8-19(25)18-12-20-22-17-9-11-24(15-6-3-4-7-15)13-16(17)21(27)26(20)23-18/h12,14-15,19,23H,3-11,13H2,1-2H3/t19-/m1/s1. The number of nitrogens with zero attached hydrogens (tertiary/aromatic N) is 4. The third-order valence-electron chi connectivity index (χ3n) is 7.14. The second-order valence-electron chi connectivity index (χ2n) is 9.27. The van der Waals surface area contributed by atoms with Gasteiger partial charge in [-0.2, -0.15) is 4.31 Å². The van der Waals surface area contributed by atoms with Crippen molar-refractivity contribution in [1.82, 2.24) is 23.8 Å². The van der Waals surface area contributed by atoms with Crippen molar-refractivity contribution in [3.8, 4) is 0 Å². The largest absolute Gasteiger partial charge is 0.295 e. The summed E-state index contributed by atoms with van der Waals surface area (Å²) in [4.78, 5) is 20.5. The molecule has 2 aromatic heterocycles. The fourth-order valence-corrected chi connectivity index (χ4v) is 6.90. The van der Waals surface area contributed by atoms with E-state index in [0.717, 1.165) is 42.8 Å². The van der Waals surface area contributed by atoms with Crippen LogP contribution >= 0.6 is 0 Å². The van der Waals surface area contributed by atoms with Crippen LogP contribution in [0.5, 0.6) is 0 Å². The summed E-state index contributed by atoms with van der Waals surface area (Å²) in [5.41, 5.74) is 3.00. The zero-order chi connectivity index (χ0) is 21.0. The fourth-order valence-electron chi connectivity index (χ4n) is 5.40. The molecule has 3 aliphatic rings. The SMILES string of the molecule is CC(C)S(=O)(=O)N1CCC[C@@H]1c1cc2nc3c(c(=O)n2[nH]1)CN(C1CCCC1)CC3. The van der Waals surface area contributed by atoms with E-state index in [4.69, 9.17) is 4.98 Å². The number of fused-ring (bicyclic) bond motifs is 2. The van der Waals surface area contributed by atoms with Gasteiger partial charge in [-0.25, -0.2) is 17.9 Å². The number of sulfonamides is 1. The maximum atomic E-state index is 13.3. The highest BCUT2D eigenvalue weighted by Gasteiger charge is 2.38. The fraction of sp³-hybridized carbons (Fsp3) is 0.714. The Kier molecular flexibility index (Phi) is 5.02. The van der Waals surface area contributed by atoms with Gasteiger partial charge in [-0.3, -0.25) is 14.8 Å². The lowest BCUT2D eigenvalue weighted by molar-refractivity contribution is 0.178. The first-order valence-corrected chi connectivity index (χ1v) is 12.7. The Balaban J connectivity index is 1.50. The molecule has 0 amide bonds. The minimum atomic E-state index is -3.36.